The van der Waals surface area contributed by atoms with Gasteiger partial charge in [0.1, 0.15) is 0 Å². The molecule has 0 bridgehead atoms. The highest BCUT2D eigenvalue weighted by Gasteiger charge is 2.21. The molecule has 0 N–H and O–H groups in total. The van der Waals surface area contributed by atoms with E-state index >= 15 is 0 Å². The van der Waals surface area contributed by atoms with Gasteiger partial charge in [0.25, 0.3) is 0 Å². The molecule has 0 amide bonds. The Labute approximate surface area is 127 Å². The minimum absolute atomic E-state index is 0.0726. The fourth-order valence-corrected chi connectivity index (χ4v) is 3.57. The van der Waals surface area contributed by atoms with E-state index in [2.05, 4.69) is 20.8 Å². The van der Waals surface area contributed by atoms with Crippen molar-refractivity contribution >= 4 is 9.84 Å². The average Bonchev–Trinajstić information content (AvgIpc) is 2.46. The summed E-state index contributed by atoms with van der Waals surface area (Å²) in [4.78, 5) is 0.732. The highest BCUT2D eigenvalue weighted by atomic mass is 32.2. The molecule has 0 aliphatic heterocycles. The van der Waals surface area contributed by atoms with E-state index < -0.39 is 9.84 Å². The van der Waals surface area contributed by atoms with Gasteiger partial charge >= 0.3 is 0 Å². The largest absolute Gasteiger partial charge is 0.219 e. The van der Waals surface area contributed by atoms with Crippen LogP contribution in [0.15, 0.2) is 58.3 Å². The molecule has 2 nitrogen and oxygen atoms in total. The molecule has 0 spiro atoms. The number of hydrogen-bond donors (Lipinski definition) is 0. The SMILES string of the molecule is CCc1cccc(S(=O)(=O)c2cccc(C(C)(C)C)c2)c1. The second-order valence-corrected chi connectivity index (χ2v) is 8.23. The average molecular weight is 302 g/mol. The molecule has 0 aliphatic rings. The van der Waals surface area contributed by atoms with Gasteiger partial charge in [-0.05, 0) is 47.2 Å². The van der Waals surface area contributed by atoms with Crippen molar-refractivity contribution in [2.45, 2.75) is 49.3 Å². The van der Waals surface area contributed by atoms with Gasteiger partial charge in [-0.15, -0.1) is 0 Å². The van der Waals surface area contributed by atoms with Crippen LogP contribution in [0.2, 0.25) is 0 Å². The lowest BCUT2D eigenvalue weighted by Crippen LogP contribution is -2.12. The van der Waals surface area contributed by atoms with Crippen LogP contribution in [0.4, 0.5) is 0 Å². The molecule has 21 heavy (non-hydrogen) atoms. The third-order valence-electron chi connectivity index (χ3n) is 3.63. The van der Waals surface area contributed by atoms with E-state index in [0.717, 1.165) is 17.5 Å². The minimum Gasteiger partial charge on any atom is -0.219 e. The van der Waals surface area contributed by atoms with Crippen LogP contribution in [0.5, 0.6) is 0 Å². The molecule has 112 valence electrons. The topological polar surface area (TPSA) is 34.1 Å². The lowest BCUT2D eigenvalue weighted by atomic mass is 9.87. The van der Waals surface area contributed by atoms with Gasteiger partial charge in [0.05, 0.1) is 9.79 Å². The van der Waals surface area contributed by atoms with Crippen LogP contribution in [-0.4, -0.2) is 8.42 Å². The van der Waals surface area contributed by atoms with E-state index in [4.69, 9.17) is 0 Å². The van der Waals surface area contributed by atoms with Gasteiger partial charge < -0.3 is 0 Å². The Balaban J connectivity index is 2.54. The lowest BCUT2D eigenvalue weighted by Gasteiger charge is -2.19. The smallest absolute Gasteiger partial charge is 0.206 e. The molecule has 2 aromatic rings. The molecule has 0 heterocycles. The Morgan fingerprint density at radius 3 is 2.05 bits per heavy atom. The first kappa shape index (κ1) is 15.8. The van der Waals surface area contributed by atoms with Crippen LogP contribution >= 0.6 is 0 Å². The first-order chi connectivity index (χ1) is 9.75. The number of rotatable bonds is 3. The normalized spacial score (nSPS) is 12.4. The summed E-state index contributed by atoms with van der Waals surface area (Å²) in [6.07, 6.45) is 0.825. The second kappa shape index (κ2) is 5.64. The van der Waals surface area contributed by atoms with Crippen molar-refractivity contribution in [2.24, 2.45) is 0 Å². The van der Waals surface area contributed by atoms with Gasteiger partial charge in [0.15, 0.2) is 0 Å². The van der Waals surface area contributed by atoms with Crippen LogP contribution in [0, 0.1) is 0 Å². The van der Waals surface area contributed by atoms with Gasteiger partial charge in [-0.3, -0.25) is 0 Å². The molecule has 0 saturated carbocycles. The molecule has 0 saturated heterocycles. The zero-order valence-electron chi connectivity index (χ0n) is 13.1. The van der Waals surface area contributed by atoms with Crippen molar-refractivity contribution in [3.05, 3.63) is 59.7 Å². The maximum Gasteiger partial charge on any atom is 0.206 e. The zero-order valence-corrected chi connectivity index (χ0v) is 13.9. The van der Waals surface area contributed by atoms with Crippen LogP contribution in [-0.2, 0) is 21.7 Å². The molecule has 0 radical (unpaired) electrons. The van der Waals surface area contributed by atoms with Crippen molar-refractivity contribution < 1.29 is 8.42 Å². The van der Waals surface area contributed by atoms with E-state index in [9.17, 15) is 8.42 Å². The van der Waals surface area contributed by atoms with Gasteiger partial charge in [-0.25, -0.2) is 8.42 Å². The minimum atomic E-state index is -3.45. The summed E-state index contributed by atoms with van der Waals surface area (Å²) in [5.74, 6) is 0. The van der Waals surface area contributed by atoms with Crippen LogP contribution in [0.25, 0.3) is 0 Å². The lowest BCUT2D eigenvalue weighted by molar-refractivity contribution is 0.583. The summed E-state index contributed by atoms with van der Waals surface area (Å²) in [5.41, 5.74) is 1.98. The van der Waals surface area contributed by atoms with Crippen LogP contribution < -0.4 is 0 Å². The van der Waals surface area contributed by atoms with Gasteiger partial charge in [0, 0.05) is 0 Å². The van der Waals surface area contributed by atoms with Crippen molar-refractivity contribution in [2.75, 3.05) is 0 Å². The summed E-state index contributed by atoms with van der Waals surface area (Å²) in [5, 5.41) is 0. The van der Waals surface area contributed by atoms with Gasteiger partial charge in [0.2, 0.25) is 9.84 Å². The summed E-state index contributed by atoms with van der Waals surface area (Å²) < 4.78 is 25.6. The Hall–Kier alpha value is -1.61. The van der Waals surface area contributed by atoms with Gasteiger partial charge in [-0.1, -0.05) is 52.0 Å². The summed E-state index contributed by atoms with van der Waals surface area (Å²) in [6.45, 7) is 8.26. The number of aryl methyl sites for hydroxylation is 1. The molecule has 0 fully saturated rings. The molecule has 3 heteroatoms. The zero-order chi connectivity index (χ0) is 15.7. The number of sulfone groups is 1. The Morgan fingerprint density at radius 1 is 0.905 bits per heavy atom. The molecule has 0 atom stereocenters. The third kappa shape index (κ3) is 3.35. The van der Waals surface area contributed by atoms with Crippen molar-refractivity contribution in [1.82, 2.24) is 0 Å². The molecule has 2 rings (SSSR count). The highest BCUT2D eigenvalue weighted by Crippen LogP contribution is 2.27. The predicted molar refractivity (Wildman–Crippen MR) is 86.4 cm³/mol. The maximum absolute atomic E-state index is 12.8. The number of hydrogen-bond acceptors (Lipinski definition) is 2. The Kier molecular flexibility index (Phi) is 4.24. The Bertz CT molecular complexity index is 738. The fourth-order valence-electron chi connectivity index (χ4n) is 2.20. The predicted octanol–water partition coefficient (Wildman–Crippen LogP) is 4.38. The standard InChI is InChI=1S/C18H22O2S/c1-5-14-8-6-10-16(12-14)21(19,20)17-11-7-9-15(13-17)18(2,3)4/h6-13H,5H2,1-4H3. The fraction of sp³-hybridized carbons (Fsp3) is 0.333. The molecule has 0 aliphatic carbocycles. The quantitative estimate of drug-likeness (QED) is 0.843. The van der Waals surface area contributed by atoms with Crippen LogP contribution in [0.3, 0.4) is 0 Å². The number of benzene rings is 2. The Morgan fingerprint density at radius 2 is 1.48 bits per heavy atom. The van der Waals surface area contributed by atoms with Crippen molar-refractivity contribution in [1.29, 1.82) is 0 Å². The third-order valence-corrected chi connectivity index (χ3v) is 5.38. The summed E-state index contributed by atoms with van der Waals surface area (Å²) in [7, 11) is -3.45. The van der Waals surface area contributed by atoms with Crippen LogP contribution in [0.1, 0.15) is 38.8 Å². The molecule has 0 aromatic heterocycles. The maximum atomic E-state index is 12.8. The first-order valence-corrected chi connectivity index (χ1v) is 8.68. The summed E-state index contributed by atoms with van der Waals surface area (Å²) >= 11 is 0. The van der Waals surface area contributed by atoms with Gasteiger partial charge in [-0.2, -0.15) is 0 Å². The second-order valence-electron chi connectivity index (χ2n) is 6.28. The monoisotopic (exact) mass is 302 g/mol. The molecule has 2 aromatic carbocycles. The van der Waals surface area contributed by atoms with E-state index in [0.29, 0.717) is 9.79 Å². The molecular formula is C18H22O2S. The molecule has 0 unspecified atom stereocenters. The highest BCUT2D eigenvalue weighted by molar-refractivity contribution is 7.91. The van der Waals surface area contributed by atoms with Crippen molar-refractivity contribution in [3.8, 4) is 0 Å². The molecular weight excluding hydrogens is 280 g/mol. The summed E-state index contributed by atoms with van der Waals surface area (Å²) in [6, 6.07) is 14.4. The van der Waals surface area contributed by atoms with E-state index in [1.165, 1.54) is 0 Å². The van der Waals surface area contributed by atoms with E-state index in [-0.39, 0.29) is 5.41 Å². The van der Waals surface area contributed by atoms with Crippen molar-refractivity contribution in [3.63, 3.8) is 0 Å². The first-order valence-electron chi connectivity index (χ1n) is 7.19. The van der Waals surface area contributed by atoms with E-state index in [1.54, 1.807) is 30.3 Å². The van der Waals surface area contributed by atoms with E-state index in [1.807, 2.05) is 25.1 Å².